The molecule has 0 bridgehead atoms. The Morgan fingerprint density at radius 2 is 1.89 bits per heavy atom. The van der Waals surface area contributed by atoms with Gasteiger partial charge < -0.3 is 0 Å². The molecule has 0 radical (unpaired) electrons. The molecule has 0 unspecified atom stereocenters. The van der Waals surface area contributed by atoms with E-state index >= 15 is 0 Å². The largest absolute Gasteiger partial charge is 0.416 e. The van der Waals surface area contributed by atoms with E-state index in [1.807, 2.05) is 0 Å². The number of ketones is 1. The van der Waals surface area contributed by atoms with Crippen LogP contribution in [0, 0.1) is 0 Å². The van der Waals surface area contributed by atoms with Gasteiger partial charge in [-0.05, 0) is 17.7 Å². The van der Waals surface area contributed by atoms with Crippen LogP contribution in [0.4, 0.5) is 13.2 Å². The van der Waals surface area contributed by atoms with E-state index in [-0.39, 0.29) is 18.7 Å². The first-order chi connectivity index (χ1) is 8.95. The highest BCUT2D eigenvalue weighted by atomic mass is 19.4. The van der Waals surface area contributed by atoms with E-state index in [2.05, 4.69) is 10.1 Å². The van der Waals surface area contributed by atoms with E-state index in [9.17, 15) is 18.0 Å². The van der Waals surface area contributed by atoms with Crippen molar-refractivity contribution in [2.45, 2.75) is 19.1 Å². The number of nitrogens with zero attached hydrogens (tertiary/aromatic N) is 3. The van der Waals surface area contributed by atoms with E-state index in [4.69, 9.17) is 0 Å². The summed E-state index contributed by atoms with van der Waals surface area (Å²) >= 11 is 0. The Morgan fingerprint density at radius 1 is 1.21 bits per heavy atom. The molecule has 0 spiro atoms. The summed E-state index contributed by atoms with van der Waals surface area (Å²) in [6, 6.07) is 4.56. The Morgan fingerprint density at radius 3 is 2.42 bits per heavy atom. The number of rotatable bonds is 4. The quantitative estimate of drug-likeness (QED) is 0.854. The third kappa shape index (κ3) is 3.64. The van der Waals surface area contributed by atoms with Gasteiger partial charge in [-0.3, -0.25) is 4.79 Å². The molecule has 0 atom stereocenters. The normalized spacial score (nSPS) is 11.5. The van der Waals surface area contributed by atoms with Crippen molar-refractivity contribution in [3.63, 3.8) is 0 Å². The predicted octanol–water partition coefficient (Wildman–Crippen LogP) is 2.11. The fourth-order valence-corrected chi connectivity index (χ4v) is 1.59. The fraction of sp³-hybridized carbons (Fsp3) is 0.250. The third-order valence-electron chi connectivity index (χ3n) is 2.49. The van der Waals surface area contributed by atoms with Gasteiger partial charge in [-0.25, -0.2) is 9.67 Å². The lowest BCUT2D eigenvalue weighted by Gasteiger charge is -2.07. The van der Waals surface area contributed by atoms with Crippen LogP contribution in [-0.2, 0) is 23.9 Å². The lowest BCUT2D eigenvalue weighted by atomic mass is 10.1. The van der Waals surface area contributed by atoms with Gasteiger partial charge in [0.2, 0.25) is 0 Å². The van der Waals surface area contributed by atoms with Gasteiger partial charge in [-0.15, -0.1) is 0 Å². The summed E-state index contributed by atoms with van der Waals surface area (Å²) in [6.45, 7) is 0.0566. The highest BCUT2D eigenvalue weighted by Crippen LogP contribution is 2.29. The maximum atomic E-state index is 12.3. The number of carbonyl (C=O) groups is 1. The maximum Gasteiger partial charge on any atom is 0.416 e. The minimum atomic E-state index is -4.36. The number of Topliss-reactive ketones (excluding diaryl/α,β-unsaturated/α-hetero) is 1. The van der Waals surface area contributed by atoms with Crippen molar-refractivity contribution in [1.82, 2.24) is 14.8 Å². The van der Waals surface area contributed by atoms with Crippen molar-refractivity contribution >= 4 is 5.78 Å². The van der Waals surface area contributed by atoms with Gasteiger partial charge in [0, 0.05) is 6.42 Å². The lowest BCUT2D eigenvalue weighted by molar-refractivity contribution is -0.137. The predicted molar refractivity (Wildman–Crippen MR) is 60.2 cm³/mol. The number of carbonyl (C=O) groups excluding carboxylic acids is 1. The topological polar surface area (TPSA) is 47.8 Å². The molecule has 0 saturated heterocycles. The molecule has 0 aliphatic heterocycles. The number of aromatic nitrogens is 3. The highest BCUT2D eigenvalue weighted by Gasteiger charge is 2.29. The average molecular weight is 269 g/mol. The minimum absolute atomic E-state index is 0.0566. The first kappa shape index (κ1) is 13.3. The third-order valence-corrected chi connectivity index (χ3v) is 2.49. The smallest absolute Gasteiger partial charge is 0.297 e. The standard InChI is InChI=1S/C12H10F3N3O/c13-12(14,15)10-3-1-9(2-4-10)5-11(19)6-18-8-16-7-17-18/h1-4,7-8H,5-6H2. The van der Waals surface area contributed by atoms with Crippen molar-refractivity contribution in [3.05, 3.63) is 48.0 Å². The second-order valence-corrected chi connectivity index (χ2v) is 4.00. The number of alkyl halides is 3. The van der Waals surface area contributed by atoms with Crippen LogP contribution >= 0.6 is 0 Å². The van der Waals surface area contributed by atoms with Gasteiger partial charge in [0.1, 0.15) is 19.2 Å². The molecule has 1 aromatic carbocycles. The van der Waals surface area contributed by atoms with Crippen molar-refractivity contribution in [2.24, 2.45) is 0 Å². The van der Waals surface area contributed by atoms with Gasteiger partial charge in [0.25, 0.3) is 0 Å². The summed E-state index contributed by atoms with van der Waals surface area (Å²) in [6.07, 6.45) is -1.57. The van der Waals surface area contributed by atoms with Gasteiger partial charge >= 0.3 is 6.18 Å². The van der Waals surface area contributed by atoms with Crippen molar-refractivity contribution in [3.8, 4) is 0 Å². The van der Waals surface area contributed by atoms with Crippen LogP contribution in [0.5, 0.6) is 0 Å². The summed E-state index contributed by atoms with van der Waals surface area (Å²) in [7, 11) is 0. The van der Waals surface area contributed by atoms with Crippen LogP contribution in [0.1, 0.15) is 11.1 Å². The molecule has 0 fully saturated rings. The summed E-state index contributed by atoms with van der Waals surface area (Å²) < 4.78 is 38.4. The molecule has 0 aliphatic carbocycles. The van der Waals surface area contributed by atoms with Gasteiger partial charge in [0.05, 0.1) is 5.56 Å². The Hall–Kier alpha value is -2.18. The molecular weight excluding hydrogens is 259 g/mol. The number of halogens is 3. The second kappa shape index (κ2) is 5.21. The first-order valence-electron chi connectivity index (χ1n) is 5.45. The monoisotopic (exact) mass is 269 g/mol. The fourth-order valence-electron chi connectivity index (χ4n) is 1.59. The van der Waals surface area contributed by atoms with Crippen LogP contribution < -0.4 is 0 Å². The Bertz CT molecular complexity index is 547. The lowest BCUT2D eigenvalue weighted by Crippen LogP contribution is -2.13. The van der Waals surface area contributed by atoms with Gasteiger partial charge in [-0.2, -0.15) is 18.3 Å². The van der Waals surface area contributed by atoms with Crippen molar-refractivity contribution < 1.29 is 18.0 Å². The molecule has 1 heterocycles. The zero-order valence-electron chi connectivity index (χ0n) is 9.76. The van der Waals surface area contributed by atoms with E-state index in [1.165, 1.54) is 29.5 Å². The number of hydrogen-bond acceptors (Lipinski definition) is 3. The molecule has 0 amide bonds. The van der Waals surface area contributed by atoms with E-state index < -0.39 is 11.7 Å². The molecule has 19 heavy (non-hydrogen) atoms. The second-order valence-electron chi connectivity index (χ2n) is 4.00. The molecule has 1 aromatic heterocycles. The van der Waals surface area contributed by atoms with Crippen LogP contribution in [0.2, 0.25) is 0 Å². The zero-order chi connectivity index (χ0) is 13.9. The van der Waals surface area contributed by atoms with Gasteiger partial charge in [0.15, 0.2) is 5.78 Å². The number of hydrogen-bond donors (Lipinski definition) is 0. The SMILES string of the molecule is O=C(Cc1ccc(C(F)(F)F)cc1)Cn1cncn1. The summed E-state index contributed by atoms with van der Waals surface area (Å²) in [5, 5.41) is 3.78. The van der Waals surface area contributed by atoms with Gasteiger partial charge in [-0.1, -0.05) is 12.1 Å². The molecule has 2 aromatic rings. The molecule has 4 nitrogen and oxygen atoms in total. The summed E-state index contributed by atoms with van der Waals surface area (Å²) in [4.78, 5) is 15.3. The summed E-state index contributed by atoms with van der Waals surface area (Å²) in [5.41, 5.74) is -0.182. The van der Waals surface area contributed by atoms with Crippen LogP contribution in [0.25, 0.3) is 0 Å². The Kier molecular flexibility index (Phi) is 3.64. The van der Waals surface area contributed by atoms with Crippen molar-refractivity contribution in [2.75, 3.05) is 0 Å². The van der Waals surface area contributed by atoms with Crippen LogP contribution in [-0.4, -0.2) is 20.5 Å². The molecule has 2 rings (SSSR count). The average Bonchev–Trinajstić information content (AvgIpc) is 2.81. The highest BCUT2D eigenvalue weighted by molar-refractivity contribution is 5.80. The van der Waals surface area contributed by atoms with Crippen molar-refractivity contribution in [1.29, 1.82) is 0 Å². The van der Waals surface area contributed by atoms with E-state index in [0.29, 0.717) is 5.56 Å². The summed E-state index contributed by atoms with van der Waals surface area (Å²) in [5.74, 6) is -0.148. The Labute approximate surface area is 106 Å². The van der Waals surface area contributed by atoms with Crippen LogP contribution in [0.3, 0.4) is 0 Å². The number of benzene rings is 1. The van der Waals surface area contributed by atoms with E-state index in [0.717, 1.165) is 12.1 Å². The molecule has 7 heteroatoms. The molecule has 100 valence electrons. The molecule has 0 saturated carbocycles. The zero-order valence-corrected chi connectivity index (χ0v) is 9.76. The molecule has 0 aliphatic rings. The maximum absolute atomic E-state index is 12.3. The van der Waals surface area contributed by atoms with Crippen LogP contribution in [0.15, 0.2) is 36.9 Å². The first-order valence-corrected chi connectivity index (χ1v) is 5.45. The minimum Gasteiger partial charge on any atom is -0.297 e. The molecular formula is C12H10F3N3O. The molecule has 0 N–H and O–H groups in total. The van der Waals surface area contributed by atoms with E-state index in [1.54, 1.807) is 0 Å². The Balaban J connectivity index is 1.98.